The van der Waals surface area contributed by atoms with E-state index in [0.29, 0.717) is 30.1 Å². The van der Waals surface area contributed by atoms with Gasteiger partial charge in [0.2, 0.25) is 5.91 Å². The second kappa shape index (κ2) is 12.5. The zero-order chi connectivity index (χ0) is 19.4. The van der Waals surface area contributed by atoms with Crippen LogP contribution in [0.3, 0.4) is 0 Å². The molecule has 1 aromatic carbocycles. The number of rotatable bonds is 13. The van der Waals surface area contributed by atoms with E-state index in [4.69, 9.17) is 10.5 Å². The molecule has 144 valence electrons. The van der Waals surface area contributed by atoms with Gasteiger partial charge in [0.25, 0.3) is 0 Å². The second-order valence-corrected chi connectivity index (χ2v) is 6.95. The maximum atomic E-state index is 12.0. The Labute approximate surface area is 159 Å². The molecule has 1 amide bonds. The minimum atomic E-state index is -0.357. The first-order valence-corrected chi connectivity index (χ1v) is 9.97. The number of Topliss-reactive ketones (excluding diaryl/α,β-unsaturated/α-hetero) is 1. The molecule has 6 nitrogen and oxygen atoms in total. The number of ketones is 1. The highest BCUT2D eigenvalue weighted by Gasteiger charge is 2.10. The topological polar surface area (TPSA) is 89.7 Å². The molecular formula is C19H28N2O4S. The summed E-state index contributed by atoms with van der Waals surface area (Å²) in [5.41, 5.74) is 6.39. The van der Waals surface area contributed by atoms with Gasteiger partial charge in [0.15, 0.2) is 0 Å². The van der Waals surface area contributed by atoms with Gasteiger partial charge in [0, 0.05) is 25.1 Å². The van der Waals surface area contributed by atoms with Gasteiger partial charge in [0.1, 0.15) is 12.4 Å². The zero-order valence-electron chi connectivity index (χ0n) is 15.5. The van der Waals surface area contributed by atoms with Crippen molar-refractivity contribution >= 4 is 29.4 Å². The van der Waals surface area contributed by atoms with Crippen molar-refractivity contribution in [2.75, 3.05) is 37.7 Å². The third-order valence-corrected chi connectivity index (χ3v) is 4.90. The Morgan fingerprint density at radius 1 is 1.12 bits per heavy atom. The first kappa shape index (κ1) is 22.2. The van der Waals surface area contributed by atoms with Crippen molar-refractivity contribution in [1.82, 2.24) is 4.90 Å². The summed E-state index contributed by atoms with van der Waals surface area (Å²) in [7, 11) is 0. The predicted octanol–water partition coefficient (Wildman–Crippen LogP) is 1.91. The lowest BCUT2D eigenvalue weighted by Crippen LogP contribution is -2.27. The number of amides is 1. The third kappa shape index (κ3) is 9.01. The number of nitrogens with two attached hydrogens (primary N) is 1. The molecule has 0 aliphatic carbocycles. The molecule has 0 aromatic heterocycles. The van der Waals surface area contributed by atoms with Gasteiger partial charge in [-0.3, -0.25) is 9.59 Å². The number of thioether (sulfide) groups is 1. The fourth-order valence-electron chi connectivity index (χ4n) is 2.29. The molecule has 0 atom stereocenters. The largest absolute Gasteiger partial charge is 0.461 e. The smallest absolute Gasteiger partial charge is 0.338 e. The van der Waals surface area contributed by atoms with Crippen LogP contribution < -0.4 is 5.73 Å². The first-order valence-electron chi connectivity index (χ1n) is 8.82. The number of carbonyl (C=O) groups excluding carboxylic acids is 3. The molecule has 0 aliphatic rings. The third-order valence-electron chi connectivity index (χ3n) is 3.88. The van der Waals surface area contributed by atoms with Crippen LogP contribution in [0.2, 0.25) is 0 Å². The zero-order valence-corrected chi connectivity index (χ0v) is 16.3. The number of hydrogen-bond acceptors (Lipinski definition) is 6. The molecule has 0 fully saturated rings. The van der Waals surface area contributed by atoms with E-state index >= 15 is 0 Å². The van der Waals surface area contributed by atoms with Gasteiger partial charge in [0.05, 0.1) is 11.3 Å². The van der Waals surface area contributed by atoms with Crippen LogP contribution in [0.4, 0.5) is 0 Å². The van der Waals surface area contributed by atoms with Gasteiger partial charge in [-0.2, -0.15) is 11.8 Å². The van der Waals surface area contributed by atoms with Crippen LogP contribution in [-0.4, -0.2) is 60.3 Å². The van der Waals surface area contributed by atoms with Crippen molar-refractivity contribution in [3.8, 4) is 0 Å². The van der Waals surface area contributed by atoms with Crippen LogP contribution >= 0.6 is 11.8 Å². The summed E-state index contributed by atoms with van der Waals surface area (Å²) < 4.78 is 5.28. The average molecular weight is 381 g/mol. The van der Waals surface area contributed by atoms with Crippen molar-refractivity contribution in [3.63, 3.8) is 0 Å². The molecule has 0 heterocycles. The first-order chi connectivity index (χ1) is 12.5. The summed E-state index contributed by atoms with van der Waals surface area (Å²) >= 11 is 1.40. The number of likely N-dealkylation sites (N-methyl/N-ethyl adjacent to an activating group) is 1. The van der Waals surface area contributed by atoms with Crippen LogP contribution in [0, 0.1) is 0 Å². The minimum absolute atomic E-state index is 0.0778. The molecule has 0 unspecified atom stereocenters. The molecule has 2 N–H and O–H groups in total. The highest BCUT2D eigenvalue weighted by atomic mass is 32.2. The lowest BCUT2D eigenvalue weighted by molar-refractivity contribution is -0.118. The molecule has 1 aromatic rings. The highest BCUT2D eigenvalue weighted by Crippen LogP contribution is 2.10. The summed E-state index contributed by atoms with van der Waals surface area (Å²) in [5.74, 6) is 0.275. The quantitative estimate of drug-likeness (QED) is 0.415. The van der Waals surface area contributed by atoms with E-state index in [9.17, 15) is 14.4 Å². The number of benzene rings is 1. The van der Waals surface area contributed by atoms with E-state index in [1.165, 1.54) is 11.8 Å². The van der Waals surface area contributed by atoms with Crippen molar-refractivity contribution in [2.24, 2.45) is 5.73 Å². The molecule has 7 heteroatoms. The Kier molecular flexibility index (Phi) is 10.7. The molecular weight excluding hydrogens is 352 g/mol. The highest BCUT2D eigenvalue weighted by molar-refractivity contribution is 7.99. The molecule has 26 heavy (non-hydrogen) atoms. The fraction of sp³-hybridized carbons (Fsp3) is 0.526. The van der Waals surface area contributed by atoms with E-state index in [0.717, 1.165) is 25.2 Å². The van der Waals surface area contributed by atoms with Gasteiger partial charge in [-0.15, -0.1) is 0 Å². The van der Waals surface area contributed by atoms with E-state index in [1.54, 1.807) is 24.3 Å². The number of hydrogen-bond donors (Lipinski definition) is 1. The summed E-state index contributed by atoms with van der Waals surface area (Å²) in [6, 6.07) is 6.91. The van der Waals surface area contributed by atoms with E-state index < -0.39 is 0 Å². The molecule has 0 radical (unpaired) electrons. The number of carbonyl (C=O) groups is 3. The second-order valence-electron chi connectivity index (χ2n) is 5.84. The summed E-state index contributed by atoms with van der Waals surface area (Å²) in [6.45, 7) is 7.08. The fourth-order valence-corrected chi connectivity index (χ4v) is 3.11. The van der Waals surface area contributed by atoms with Crippen LogP contribution in [0.25, 0.3) is 0 Å². The average Bonchev–Trinajstić information content (AvgIpc) is 2.62. The normalized spacial score (nSPS) is 10.7. The number of primary amides is 1. The van der Waals surface area contributed by atoms with Crippen LogP contribution in [0.1, 0.15) is 36.2 Å². The van der Waals surface area contributed by atoms with Gasteiger partial charge < -0.3 is 15.4 Å². The van der Waals surface area contributed by atoms with E-state index in [2.05, 4.69) is 18.7 Å². The number of nitrogens with zero attached hydrogens (tertiary/aromatic N) is 1. The Morgan fingerprint density at radius 3 is 2.35 bits per heavy atom. The Hall–Kier alpha value is -1.86. The number of ether oxygens (including phenoxy) is 1. The van der Waals surface area contributed by atoms with Crippen molar-refractivity contribution < 1.29 is 19.1 Å². The molecule has 0 aliphatic heterocycles. The van der Waals surface area contributed by atoms with Crippen molar-refractivity contribution in [1.29, 1.82) is 0 Å². The summed E-state index contributed by atoms with van der Waals surface area (Å²) in [6.07, 6.45) is 0.587. The van der Waals surface area contributed by atoms with Gasteiger partial charge in [-0.1, -0.05) is 26.0 Å². The Bertz CT molecular complexity index is 586. The van der Waals surface area contributed by atoms with Crippen molar-refractivity contribution in [3.05, 3.63) is 35.4 Å². The van der Waals surface area contributed by atoms with Crippen molar-refractivity contribution in [2.45, 2.75) is 26.7 Å². The maximum Gasteiger partial charge on any atom is 0.338 e. The molecule has 1 rings (SSSR count). The predicted molar refractivity (Wildman–Crippen MR) is 104 cm³/mol. The van der Waals surface area contributed by atoms with Crippen LogP contribution in [-0.2, 0) is 20.7 Å². The molecule has 0 bridgehead atoms. The molecule has 0 spiro atoms. The van der Waals surface area contributed by atoms with Crippen LogP contribution in [0.5, 0.6) is 0 Å². The SMILES string of the molecule is CCN(CC)CCOC(=O)c1ccc(CC(=O)CSCCC(N)=O)cc1. The van der Waals surface area contributed by atoms with Gasteiger partial charge >= 0.3 is 5.97 Å². The maximum absolute atomic E-state index is 12.0. The lowest BCUT2D eigenvalue weighted by Gasteiger charge is -2.17. The van der Waals surface area contributed by atoms with Gasteiger partial charge in [-0.05, 0) is 30.8 Å². The Balaban J connectivity index is 2.36. The Morgan fingerprint density at radius 2 is 1.77 bits per heavy atom. The summed E-state index contributed by atoms with van der Waals surface area (Å²) in [4.78, 5) is 36.7. The summed E-state index contributed by atoms with van der Waals surface area (Å²) in [5, 5.41) is 0. The van der Waals surface area contributed by atoms with E-state index in [1.807, 2.05) is 0 Å². The van der Waals surface area contributed by atoms with Crippen LogP contribution in [0.15, 0.2) is 24.3 Å². The lowest BCUT2D eigenvalue weighted by atomic mass is 10.1. The minimum Gasteiger partial charge on any atom is -0.461 e. The standard InChI is InChI=1S/C19H28N2O4S/c1-3-21(4-2)10-11-25-19(24)16-7-5-15(6-8-16)13-17(22)14-26-12-9-18(20)23/h5-8H,3-4,9-14H2,1-2H3,(H2,20,23). The van der Waals surface area contributed by atoms with Gasteiger partial charge in [-0.25, -0.2) is 4.79 Å². The van der Waals surface area contributed by atoms with E-state index in [-0.39, 0.29) is 24.1 Å². The molecule has 0 saturated heterocycles. The molecule has 0 saturated carbocycles. The monoisotopic (exact) mass is 380 g/mol. The number of esters is 1.